The first kappa shape index (κ1) is 12.6. The van der Waals surface area contributed by atoms with Crippen molar-refractivity contribution in [2.75, 3.05) is 5.32 Å². The summed E-state index contributed by atoms with van der Waals surface area (Å²) in [6.07, 6.45) is 1.60. The van der Waals surface area contributed by atoms with Gasteiger partial charge in [-0.3, -0.25) is 10.1 Å². The van der Waals surface area contributed by atoms with Gasteiger partial charge in [-0.05, 0) is 41.1 Å². The van der Waals surface area contributed by atoms with Crippen molar-refractivity contribution in [2.24, 2.45) is 0 Å². The fourth-order valence-electron chi connectivity index (χ4n) is 1.60. The average molecular weight is 311 g/mol. The molecule has 0 unspecified atom stereocenters. The molecule has 0 amide bonds. The number of furan rings is 1. The highest BCUT2D eigenvalue weighted by atomic mass is 79.9. The topological polar surface area (TPSA) is 68.3 Å². The normalized spacial score (nSPS) is 10.3. The molecule has 2 aromatic rings. The van der Waals surface area contributed by atoms with Crippen molar-refractivity contribution >= 4 is 27.3 Å². The highest BCUT2D eigenvalue weighted by Crippen LogP contribution is 2.23. The van der Waals surface area contributed by atoms with Crippen LogP contribution in [0.5, 0.6) is 0 Å². The number of nitro benzene ring substituents is 1. The second-order valence-electron chi connectivity index (χ2n) is 3.80. The fourth-order valence-corrected chi connectivity index (χ4v) is 1.95. The summed E-state index contributed by atoms with van der Waals surface area (Å²) in [6, 6.07) is 6.74. The highest BCUT2D eigenvalue weighted by Gasteiger charge is 2.10. The standard InChI is InChI=1S/C12H11BrN2O3/c1-8-6-9(2-3-11(8)15(16)17)14-7-12-10(13)4-5-18-12/h2-6,14H,7H2,1H3. The predicted molar refractivity (Wildman–Crippen MR) is 71.6 cm³/mol. The summed E-state index contributed by atoms with van der Waals surface area (Å²) in [5.74, 6) is 0.783. The van der Waals surface area contributed by atoms with E-state index in [-0.39, 0.29) is 10.6 Å². The molecule has 0 aliphatic rings. The van der Waals surface area contributed by atoms with Gasteiger partial charge in [0.05, 0.1) is 22.2 Å². The van der Waals surface area contributed by atoms with E-state index in [9.17, 15) is 10.1 Å². The largest absolute Gasteiger partial charge is 0.466 e. The Kier molecular flexibility index (Phi) is 3.66. The molecule has 1 N–H and O–H groups in total. The van der Waals surface area contributed by atoms with Crippen molar-refractivity contribution in [2.45, 2.75) is 13.5 Å². The Labute approximate surface area is 112 Å². The zero-order valence-electron chi connectivity index (χ0n) is 9.64. The van der Waals surface area contributed by atoms with Crippen LogP contribution in [0.2, 0.25) is 0 Å². The quantitative estimate of drug-likeness (QED) is 0.687. The number of rotatable bonds is 4. The highest BCUT2D eigenvalue weighted by molar-refractivity contribution is 9.10. The van der Waals surface area contributed by atoms with Crippen molar-refractivity contribution in [1.29, 1.82) is 0 Å². The third kappa shape index (κ3) is 2.70. The van der Waals surface area contributed by atoms with Crippen LogP contribution >= 0.6 is 15.9 Å². The summed E-state index contributed by atoms with van der Waals surface area (Å²) >= 11 is 3.36. The molecular weight excluding hydrogens is 300 g/mol. The lowest BCUT2D eigenvalue weighted by atomic mass is 10.2. The zero-order valence-corrected chi connectivity index (χ0v) is 11.2. The number of halogens is 1. The number of aryl methyl sites for hydroxylation is 1. The molecular formula is C12H11BrN2O3. The minimum absolute atomic E-state index is 0.125. The lowest BCUT2D eigenvalue weighted by Gasteiger charge is -2.06. The van der Waals surface area contributed by atoms with Gasteiger partial charge < -0.3 is 9.73 Å². The van der Waals surface area contributed by atoms with Gasteiger partial charge in [-0.15, -0.1) is 0 Å². The number of nitrogens with zero attached hydrogens (tertiary/aromatic N) is 1. The third-order valence-electron chi connectivity index (χ3n) is 2.54. The number of nitro groups is 1. The number of nitrogens with one attached hydrogen (secondary N) is 1. The van der Waals surface area contributed by atoms with E-state index in [0.29, 0.717) is 12.1 Å². The van der Waals surface area contributed by atoms with Gasteiger partial charge in [0.1, 0.15) is 5.76 Å². The van der Waals surface area contributed by atoms with Crippen LogP contribution in [0.25, 0.3) is 0 Å². The first-order valence-corrected chi connectivity index (χ1v) is 6.08. The minimum atomic E-state index is -0.387. The molecule has 5 nitrogen and oxygen atoms in total. The Hall–Kier alpha value is -1.82. The maximum Gasteiger partial charge on any atom is 0.272 e. The molecule has 6 heteroatoms. The SMILES string of the molecule is Cc1cc(NCc2occc2Br)ccc1[N+](=O)[O-]. The molecule has 0 fully saturated rings. The van der Waals surface area contributed by atoms with Crippen molar-refractivity contribution in [3.63, 3.8) is 0 Å². The van der Waals surface area contributed by atoms with Crippen LogP contribution in [0.4, 0.5) is 11.4 Å². The van der Waals surface area contributed by atoms with Crippen molar-refractivity contribution in [3.05, 3.63) is 56.4 Å². The zero-order chi connectivity index (χ0) is 13.1. The van der Waals surface area contributed by atoms with Gasteiger partial charge >= 0.3 is 0 Å². The number of benzene rings is 1. The molecule has 0 aliphatic heterocycles. The molecule has 1 heterocycles. The molecule has 2 rings (SSSR count). The molecule has 0 spiro atoms. The van der Waals surface area contributed by atoms with Gasteiger partial charge in [0, 0.05) is 17.3 Å². The minimum Gasteiger partial charge on any atom is -0.466 e. The van der Waals surface area contributed by atoms with Gasteiger partial charge in [0.15, 0.2) is 0 Å². The van der Waals surface area contributed by atoms with Gasteiger partial charge in [-0.1, -0.05) is 0 Å². The number of hydrogen-bond donors (Lipinski definition) is 1. The molecule has 0 atom stereocenters. The van der Waals surface area contributed by atoms with Crippen LogP contribution in [-0.2, 0) is 6.54 Å². The van der Waals surface area contributed by atoms with Gasteiger partial charge in [-0.2, -0.15) is 0 Å². The van der Waals surface area contributed by atoms with Gasteiger partial charge in [-0.25, -0.2) is 0 Å². The van der Waals surface area contributed by atoms with Crippen molar-refractivity contribution in [1.82, 2.24) is 0 Å². The first-order valence-electron chi connectivity index (χ1n) is 5.28. The third-order valence-corrected chi connectivity index (χ3v) is 3.24. The summed E-state index contributed by atoms with van der Waals surface area (Å²) in [6.45, 7) is 2.23. The smallest absolute Gasteiger partial charge is 0.272 e. The summed E-state index contributed by atoms with van der Waals surface area (Å²) in [5, 5.41) is 13.8. The van der Waals surface area contributed by atoms with Crippen molar-refractivity contribution < 1.29 is 9.34 Å². The molecule has 0 bridgehead atoms. The summed E-state index contributed by atoms with van der Waals surface area (Å²) in [7, 11) is 0. The van der Waals surface area contributed by atoms with E-state index < -0.39 is 0 Å². The average Bonchev–Trinajstić information content (AvgIpc) is 2.72. The molecule has 18 heavy (non-hydrogen) atoms. The van der Waals surface area contributed by atoms with E-state index in [0.717, 1.165) is 15.9 Å². The van der Waals surface area contributed by atoms with E-state index in [1.54, 1.807) is 25.3 Å². The van der Waals surface area contributed by atoms with Gasteiger partial charge in [0.25, 0.3) is 5.69 Å². The van der Waals surface area contributed by atoms with E-state index in [1.165, 1.54) is 6.07 Å². The van der Waals surface area contributed by atoms with E-state index in [4.69, 9.17) is 4.42 Å². The second kappa shape index (κ2) is 5.22. The number of hydrogen-bond acceptors (Lipinski definition) is 4. The molecule has 0 aliphatic carbocycles. The summed E-state index contributed by atoms with van der Waals surface area (Å²) < 4.78 is 6.16. The Bertz CT molecular complexity index is 580. The lowest BCUT2D eigenvalue weighted by Crippen LogP contribution is -2.00. The van der Waals surface area contributed by atoms with Crippen LogP contribution in [0.3, 0.4) is 0 Å². The van der Waals surface area contributed by atoms with Crippen LogP contribution in [0.15, 0.2) is 39.4 Å². The Morgan fingerprint density at radius 2 is 2.22 bits per heavy atom. The maximum atomic E-state index is 10.7. The lowest BCUT2D eigenvalue weighted by molar-refractivity contribution is -0.385. The molecule has 0 saturated heterocycles. The molecule has 94 valence electrons. The molecule has 0 saturated carbocycles. The second-order valence-corrected chi connectivity index (χ2v) is 4.66. The van der Waals surface area contributed by atoms with Crippen molar-refractivity contribution in [3.8, 4) is 0 Å². The van der Waals surface area contributed by atoms with Crippen LogP contribution < -0.4 is 5.32 Å². The molecule has 1 aromatic carbocycles. The summed E-state index contributed by atoms with van der Waals surface area (Å²) in [4.78, 5) is 10.3. The molecule has 1 aromatic heterocycles. The molecule has 0 radical (unpaired) electrons. The Balaban J connectivity index is 2.09. The summed E-state index contributed by atoms with van der Waals surface area (Å²) in [5.41, 5.74) is 1.57. The maximum absolute atomic E-state index is 10.7. The monoisotopic (exact) mass is 310 g/mol. The van der Waals surface area contributed by atoms with Crippen LogP contribution in [0.1, 0.15) is 11.3 Å². The predicted octanol–water partition coefficient (Wildman–Crippen LogP) is 3.87. The fraction of sp³-hybridized carbons (Fsp3) is 0.167. The van der Waals surface area contributed by atoms with E-state index in [2.05, 4.69) is 21.2 Å². The van der Waals surface area contributed by atoms with E-state index in [1.807, 2.05) is 6.07 Å². The Morgan fingerprint density at radius 1 is 1.44 bits per heavy atom. The number of anilines is 1. The Morgan fingerprint density at radius 3 is 2.78 bits per heavy atom. The van der Waals surface area contributed by atoms with Gasteiger partial charge in [0.2, 0.25) is 0 Å². The van der Waals surface area contributed by atoms with Crippen LogP contribution in [-0.4, -0.2) is 4.92 Å². The first-order chi connectivity index (χ1) is 8.58. The van der Waals surface area contributed by atoms with E-state index >= 15 is 0 Å². The van der Waals surface area contributed by atoms with Crippen LogP contribution in [0, 0.1) is 17.0 Å².